The topological polar surface area (TPSA) is 91.7 Å². The van der Waals surface area contributed by atoms with E-state index in [1.165, 1.54) is 18.2 Å². The van der Waals surface area contributed by atoms with Crippen molar-refractivity contribution in [3.8, 4) is 0 Å². The third kappa shape index (κ3) is 2.56. The van der Waals surface area contributed by atoms with Gasteiger partial charge in [0.25, 0.3) is 0 Å². The fraction of sp³-hybridized carbons (Fsp3) is 0.316. The molecule has 5 nitrogen and oxygen atoms in total. The molecule has 0 aromatic heterocycles. The summed E-state index contributed by atoms with van der Waals surface area (Å²) in [7, 11) is 0. The van der Waals surface area contributed by atoms with Gasteiger partial charge in [0.1, 0.15) is 0 Å². The lowest BCUT2D eigenvalue weighted by Gasteiger charge is -2.18. The van der Waals surface area contributed by atoms with Crippen LogP contribution in [0.1, 0.15) is 68.7 Å². The predicted octanol–water partition coefficient (Wildman–Crippen LogP) is 3.95. The van der Waals surface area contributed by atoms with Crippen molar-refractivity contribution < 1.29 is 24.6 Å². The number of carbonyl (C=O) groups is 3. The lowest BCUT2D eigenvalue weighted by Crippen LogP contribution is -2.08. The maximum Gasteiger partial charge on any atom is 0.336 e. The second-order valence-corrected chi connectivity index (χ2v) is 6.50. The SMILES string of the molecule is CC1CCC(c2ccc(C(=O)O)c3c(C=O)ccc(C(=O)O)c23)C1. The van der Waals surface area contributed by atoms with Crippen LogP contribution < -0.4 is 0 Å². The maximum absolute atomic E-state index is 11.7. The summed E-state index contributed by atoms with van der Waals surface area (Å²) in [5, 5.41) is 19.7. The highest BCUT2D eigenvalue weighted by Crippen LogP contribution is 2.42. The molecule has 1 fully saturated rings. The number of hydrogen-bond acceptors (Lipinski definition) is 3. The zero-order chi connectivity index (χ0) is 17.4. The van der Waals surface area contributed by atoms with Crippen molar-refractivity contribution in [2.45, 2.75) is 32.1 Å². The minimum atomic E-state index is -1.17. The van der Waals surface area contributed by atoms with Gasteiger partial charge in [-0.15, -0.1) is 0 Å². The molecule has 2 unspecified atom stereocenters. The zero-order valence-electron chi connectivity index (χ0n) is 13.3. The van der Waals surface area contributed by atoms with Gasteiger partial charge in [0.05, 0.1) is 11.1 Å². The summed E-state index contributed by atoms with van der Waals surface area (Å²) in [5.41, 5.74) is 1.05. The summed E-state index contributed by atoms with van der Waals surface area (Å²) >= 11 is 0. The number of aldehydes is 1. The Hall–Kier alpha value is -2.69. The summed E-state index contributed by atoms with van der Waals surface area (Å²) in [6, 6.07) is 5.98. The molecule has 2 aromatic carbocycles. The smallest absolute Gasteiger partial charge is 0.336 e. The molecule has 0 heterocycles. The Morgan fingerprint density at radius 2 is 1.62 bits per heavy atom. The molecule has 1 saturated carbocycles. The molecule has 124 valence electrons. The van der Waals surface area contributed by atoms with Crippen LogP contribution in [0.4, 0.5) is 0 Å². The molecule has 0 amide bonds. The van der Waals surface area contributed by atoms with E-state index in [0.717, 1.165) is 24.8 Å². The Kier molecular flexibility index (Phi) is 4.09. The molecular weight excluding hydrogens is 308 g/mol. The highest BCUT2D eigenvalue weighted by Gasteiger charge is 2.28. The summed E-state index contributed by atoms with van der Waals surface area (Å²) in [6.07, 6.45) is 3.52. The minimum Gasteiger partial charge on any atom is -0.478 e. The molecule has 0 bridgehead atoms. The van der Waals surface area contributed by atoms with Crippen molar-refractivity contribution in [1.82, 2.24) is 0 Å². The number of rotatable bonds is 4. The van der Waals surface area contributed by atoms with Crippen LogP contribution in [0.15, 0.2) is 24.3 Å². The zero-order valence-corrected chi connectivity index (χ0v) is 13.3. The average molecular weight is 326 g/mol. The van der Waals surface area contributed by atoms with E-state index in [2.05, 4.69) is 6.92 Å². The molecule has 2 aromatic rings. The second kappa shape index (κ2) is 6.07. The van der Waals surface area contributed by atoms with Gasteiger partial charge >= 0.3 is 11.9 Å². The summed E-state index contributed by atoms with van der Waals surface area (Å²) in [4.78, 5) is 34.7. The van der Waals surface area contributed by atoms with Crippen molar-refractivity contribution in [1.29, 1.82) is 0 Å². The summed E-state index contributed by atoms with van der Waals surface area (Å²) in [6.45, 7) is 2.16. The molecule has 2 atom stereocenters. The van der Waals surface area contributed by atoms with E-state index in [9.17, 15) is 24.6 Å². The fourth-order valence-electron chi connectivity index (χ4n) is 3.83. The van der Waals surface area contributed by atoms with Crippen molar-refractivity contribution >= 4 is 29.0 Å². The fourth-order valence-corrected chi connectivity index (χ4v) is 3.83. The van der Waals surface area contributed by atoms with Gasteiger partial charge in [0, 0.05) is 16.3 Å². The average Bonchev–Trinajstić information content (AvgIpc) is 2.98. The first-order valence-electron chi connectivity index (χ1n) is 7.95. The van der Waals surface area contributed by atoms with Gasteiger partial charge in [-0.2, -0.15) is 0 Å². The van der Waals surface area contributed by atoms with E-state index in [1.807, 2.05) is 0 Å². The highest BCUT2D eigenvalue weighted by atomic mass is 16.4. The number of carboxylic acid groups (broad SMARTS) is 2. The van der Waals surface area contributed by atoms with Crippen molar-refractivity contribution in [3.63, 3.8) is 0 Å². The number of fused-ring (bicyclic) bond motifs is 1. The molecule has 3 rings (SSSR count). The summed E-state index contributed by atoms with van der Waals surface area (Å²) < 4.78 is 0. The molecule has 0 saturated heterocycles. The Balaban J connectivity index is 2.41. The Morgan fingerprint density at radius 3 is 2.17 bits per heavy atom. The third-order valence-corrected chi connectivity index (χ3v) is 4.95. The highest BCUT2D eigenvalue weighted by molar-refractivity contribution is 6.16. The molecule has 5 heteroatoms. The van der Waals surface area contributed by atoms with E-state index in [1.54, 1.807) is 6.07 Å². The molecule has 2 N–H and O–H groups in total. The van der Waals surface area contributed by atoms with Gasteiger partial charge in [-0.1, -0.05) is 25.5 Å². The van der Waals surface area contributed by atoms with Crippen LogP contribution in [0.5, 0.6) is 0 Å². The molecule has 0 aliphatic heterocycles. The van der Waals surface area contributed by atoms with E-state index >= 15 is 0 Å². The Morgan fingerprint density at radius 1 is 1.00 bits per heavy atom. The van der Waals surface area contributed by atoms with E-state index in [4.69, 9.17) is 0 Å². The van der Waals surface area contributed by atoms with E-state index in [-0.39, 0.29) is 28.0 Å². The van der Waals surface area contributed by atoms with E-state index < -0.39 is 11.9 Å². The molecular formula is C19H18O5. The lowest BCUT2D eigenvalue weighted by molar-refractivity contribution is 0.0686. The van der Waals surface area contributed by atoms with Gasteiger partial charge in [-0.25, -0.2) is 9.59 Å². The first-order valence-corrected chi connectivity index (χ1v) is 7.95. The monoisotopic (exact) mass is 326 g/mol. The number of carboxylic acids is 2. The second-order valence-electron chi connectivity index (χ2n) is 6.50. The minimum absolute atomic E-state index is 0.0370. The molecule has 0 spiro atoms. The maximum atomic E-state index is 11.7. The van der Waals surface area contributed by atoms with Gasteiger partial charge in [-0.3, -0.25) is 4.79 Å². The van der Waals surface area contributed by atoms with Crippen molar-refractivity contribution in [2.75, 3.05) is 0 Å². The van der Waals surface area contributed by atoms with Crippen LogP contribution >= 0.6 is 0 Å². The first-order chi connectivity index (χ1) is 11.4. The first kappa shape index (κ1) is 16.2. The standard InChI is InChI=1S/C19H18O5/c1-10-2-3-11(8-10)13-6-7-14(18(21)22)16-12(9-20)4-5-15(17(13)16)19(23)24/h4-7,9-11H,2-3,8H2,1H3,(H,21,22)(H,23,24). The van der Waals surface area contributed by atoms with Crippen molar-refractivity contribution in [3.05, 3.63) is 46.5 Å². The van der Waals surface area contributed by atoms with Crippen LogP contribution in [-0.2, 0) is 0 Å². The summed E-state index contributed by atoms with van der Waals surface area (Å²) in [5.74, 6) is -1.55. The van der Waals surface area contributed by atoms with Gasteiger partial charge in [0.15, 0.2) is 6.29 Å². The van der Waals surface area contributed by atoms with Crippen LogP contribution in [0.2, 0.25) is 0 Å². The Bertz CT molecular complexity index is 852. The van der Waals surface area contributed by atoms with Crippen LogP contribution in [0.3, 0.4) is 0 Å². The predicted molar refractivity (Wildman–Crippen MR) is 89.0 cm³/mol. The molecule has 1 aliphatic rings. The van der Waals surface area contributed by atoms with E-state index in [0.29, 0.717) is 17.6 Å². The van der Waals surface area contributed by atoms with Gasteiger partial charge in [-0.05, 0) is 42.4 Å². The lowest BCUT2D eigenvalue weighted by atomic mass is 9.85. The number of carbonyl (C=O) groups excluding carboxylic acids is 1. The quantitative estimate of drug-likeness (QED) is 0.830. The Labute approximate surface area is 138 Å². The van der Waals surface area contributed by atoms with Crippen LogP contribution in [0, 0.1) is 5.92 Å². The number of hydrogen-bond donors (Lipinski definition) is 2. The molecule has 1 aliphatic carbocycles. The molecule has 0 radical (unpaired) electrons. The van der Waals surface area contributed by atoms with Gasteiger partial charge < -0.3 is 10.2 Å². The normalized spacial score (nSPS) is 20.2. The number of benzene rings is 2. The largest absolute Gasteiger partial charge is 0.478 e. The van der Waals surface area contributed by atoms with Crippen LogP contribution in [-0.4, -0.2) is 28.4 Å². The van der Waals surface area contributed by atoms with Crippen LogP contribution in [0.25, 0.3) is 10.8 Å². The number of aromatic carboxylic acids is 2. The third-order valence-electron chi connectivity index (χ3n) is 4.95. The van der Waals surface area contributed by atoms with Gasteiger partial charge in [0.2, 0.25) is 0 Å². The van der Waals surface area contributed by atoms with Crippen molar-refractivity contribution in [2.24, 2.45) is 5.92 Å². The molecule has 24 heavy (non-hydrogen) atoms.